The van der Waals surface area contributed by atoms with Crippen LogP contribution in [-0.4, -0.2) is 27.0 Å². The van der Waals surface area contributed by atoms with Gasteiger partial charge in [0.2, 0.25) is 0 Å². The molecule has 0 radical (unpaired) electrons. The van der Waals surface area contributed by atoms with Crippen LogP contribution in [0.5, 0.6) is 5.75 Å². The maximum absolute atomic E-state index is 11.7. The predicted octanol–water partition coefficient (Wildman–Crippen LogP) is 2.51. The number of rotatable bonds is 4. The lowest BCUT2D eigenvalue weighted by Crippen LogP contribution is -2.31. The normalized spacial score (nSPS) is 15.1. The number of benzene rings is 1. The van der Waals surface area contributed by atoms with E-state index >= 15 is 0 Å². The first kappa shape index (κ1) is 16.5. The predicted molar refractivity (Wildman–Crippen MR) is 81.4 cm³/mol. The van der Waals surface area contributed by atoms with Gasteiger partial charge < -0.3 is 10.5 Å². The van der Waals surface area contributed by atoms with E-state index in [4.69, 9.17) is 10.5 Å². The van der Waals surface area contributed by atoms with Crippen LogP contribution in [0.4, 0.5) is 0 Å². The zero-order valence-corrected chi connectivity index (χ0v) is 14.2. The van der Waals surface area contributed by atoms with E-state index < -0.39 is 21.1 Å². The molecule has 0 heterocycles. The summed E-state index contributed by atoms with van der Waals surface area (Å²) < 4.78 is 29.7. The minimum Gasteiger partial charge on any atom is -0.496 e. The summed E-state index contributed by atoms with van der Waals surface area (Å²) >= 11 is 3.47. The van der Waals surface area contributed by atoms with Crippen molar-refractivity contribution in [3.8, 4) is 5.75 Å². The van der Waals surface area contributed by atoms with E-state index in [9.17, 15) is 8.42 Å². The molecular weight excluding hydrogens is 330 g/mol. The average molecular weight is 350 g/mol. The van der Waals surface area contributed by atoms with Gasteiger partial charge in [-0.15, -0.1) is 0 Å². The molecule has 1 aromatic rings. The van der Waals surface area contributed by atoms with Gasteiger partial charge in [0, 0.05) is 16.3 Å². The van der Waals surface area contributed by atoms with Crippen LogP contribution in [0.15, 0.2) is 10.5 Å². The van der Waals surface area contributed by atoms with Crippen molar-refractivity contribution < 1.29 is 13.2 Å². The third-order valence-corrected chi connectivity index (χ3v) is 5.89. The van der Waals surface area contributed by atoms with Crippen LogP contribution in [0.3, 0.4) is 0 Å². The van der Waals surface area contributed by atoms with Gasteiger partial charge in [0.25, 0.3) is 0 Å². The second-order valence-corrected chi connectivity index (χ2v) is 8.06. The fraction of sp³-hybridized carbons (Fsp3) is 0.538. The second kappa shape index (κ2) is 5.81. The molecule has 0 aliphatic carbocycles. The SMILES string of the molecule is COc1c(C)cc(Br)c(C)c1C(N)C(C)S(C)(=O)=O. The number of hydrogen-bond donors (Lipinski definition) is 1. The first-order valence-corrected chi connectivity index (χ1v) is 8.64. The molecule has 4 nitrogen and oxygen atoms in total. The molecule has 0 aliphatic rings. The van der Waals surface area contributed by atoms with E-state index in [1.165, 1.54) is 6.26 Å². The van der Waals surface area contributed by atoms with Crippen molar-refractivity contribution in [1.29, 1.82) is 0 Å². The summed E-state index contributed by atoms with van der Waals surface area (Å²) in [6.07, 6.45) is 1.20. The summed E-state index contributed by atoms with van der Waals surface area (Å²) in [5, 5.41) is -0.672. The summed E-state index contributed by atoms with van der Waals surface area (Å²) in [7, 11) is -1.65. The van der Waals surface area contributed by atoms with Gasteiger partial charge in [-0.05, 0) is 38.0 Å². The lowest BCUT2D eigenvalue weighted by Gasteiger charge is -2.24. The third kappa shape index (κ3) is 3.30. The third-order valence-electron chi connectivity index (χ3n) is 3.43. The smallest absolute Gasteiger partial charge is 0.151 e. The number of hydrogen-bond acceptors (Lipinski definition) is 4. The molecule has 0 aliphatic heterocycles. The molecule has 0 aromatic heterocycles. The highest BCUT2D eigenvalue weighted by Crippen LogP contribution is 2.37. The van der Waals surface area contributed by atoms with Crippen LogP contribution in [0.25, 0.3) is 0 Å². The minimum atomic E-state index is -3.21. The quantitative estimate of drug-likeness (QED) is 0.906. The zero-order valence-electron chi connectivity index (χ0n) is 11.8. The lowest BCUT2D eigenvalue weighted by atomic mass is 9.96. The monoisotopic (exact) mass is 349 g/mol. The number of halogens is 1. The Bertz CT molecular complexity index is 584. The summed E-state index contributed by atoms with van der Waals surface area (Å²) in [4.78, 5) is 0. The van der Waals surface area contributed by atoms with Gasteiger partial charge in [-0.2, -0.15) is 0 Å². The zero-order chi connectivity index (χ0) is 15.0. The molecule has 0 saturated heterocycles. The van der Waals surface area contributed by atoms with Crippen LogP contribution in [0, 0.1) is 13.8 Å². The first-order chi connectivity index (χ1) is 8.61. The molecule has 1 rings (SSSR count). The Hall–Kier alpha value is -0.590. The van der Waals surface area contributed by atoms with Gasteiger partial charge in [0.15, 0.2) is 9.84 Å². The molecule has 0 fully saturated rings. The molecule has 2 unspecified atom stereocenters. The lowest BCUT2D eigenvalue weighted by molar-refractivity contribution is 0.401. The largest absolute Gasteiger partial charge is 0.496 e. The fourth-order valence-electron chi connectivity index (χ4n) is 2.05. The van der Waals surface area contributed by atoms with Crippen molar-refractivity contribution in [2.45, 2.75) is 32.1 Å². The highest BCUT2D eigenvalue weighted by molar-refractivity contribution is 9.10. The maximum Gasteiger partial charge on any atom is 0.151 e. The Morgan fingerprint density at radius 1 is 1.37 bits per heavy atom. The molecule has 19 heavy (non-hydrogen) atoms. The molecule has 108 valence electrons. The number of methoxy groups -OCH3 is 1. The molecule has 0 saturated carbocycles. The Morgan fingerprint density at radius 2 is 1.89 bits per heavy atom. The summed E-state index contributed by atoms with van der Waals surface area (Å²) in [6.45, 7) is 5.43. The van der Waals surface area contributed by atoms with Crippen LogP contribution in [0.1, 0.15) is 29.7 Å². The molecule has 2 atom stereocenters. The summed E-state index contributed by atoms with van der Waals surface area (Å²) in [5.41, 5.74) is 8.73. The van der Waals surface area contributed by atoms with E-state index in [0.717, 1.165) is 21.2 Å². The van der Waals surface area contributed by atoms with Gasteiger partial charge >= 0.3 is 0 Å². The molecule has 6 heteroatoms. The van der Waals surface area contributed by atoms with E-state index in [1.807, 2.05) is 19.9 Å². The average Bonchev–Trinajstić information content (AvgIpc) is 2.30. The second-order valence-electron chi connectivity index (χ2n) is 4.81. The number of ether oxygens (including phenoxy) is 1. The van der Waals surface area contributed by atoms with E-state index in [1.54, 1.807) is 14.0 Å². The van der Waals surface area contributed by atoms with Crippen molar-refractivity contribution in [2.75, 3.05) is 13.4 Å². The number of nitrogens with two attached hydrogens (primary N) is 1. The van der Waals surface area contributed by atoms with Crippen molar-refractivity contribution in [3.05, 3.63) is 27.2 Å². The van der Waals surface area contributed by atoms with Crippen molar-refractivity contribution in [2.24, 2.45) is 5.73 Å². The van der Waals surface area contributed by atoms with Gasteiger partial charge in [0.1, 0.15) is 5.75 Å². The highest BCUT2D eigenvalue weighted by Gasteiger charge is 2.29. The molecule has 2 N–H and O–H groups in total. The van der Waals surface area contributed by atoms with Gasteiger partial charge in [-0.1, -0.05) is 15.9 Å². The maximum atomic E-state index is 11.7. The van der Waals surface area contributed by atoms with Gasteiger partial charge in [-0.3, -0.25) is 0 Å². The topological polar surface area (TPSA) is 69.4 Å². The molecule has 0 amide bonds. The Labute approximate surface area is 123 Å². The Balaban J connectivity index is 3.49. The van der Waals surface area contributed by atoms with Crippen LogP contribution >= 0.6 is 15.9 Å². The number of sulfone groups is 1. The standard InChI is InChI=1S/C13H20BrNO3S/c1-7-6-10(14)8(2)11(13(7)18-4)12(15)9(3)19(5,16)17/h6,9,12H,15H2,1-5H3. The molecule has 0 spiro atoms. The molecular formula is C13H20BrNO3S. The molecule has 1 aromatic carbocycles. The minimum absolute atomic E-state index is 0.624. The summed E-state index contributed by atoms with van der Waals surface area (Å²) in [5.74, 6) is 0.656. The Kier molecular flexibility index (Phi) is 5.03. The summed E-state index contributed by atoms with van der Waals surface area (Å²) in [6, 6.07) is 1.32. The van der Waals surface area contributed by atoms with Gasteiger partial charge in [-0.25, -0.2) is 8.42 Å². The van der Waals surface area contributed by atoms with Crippen LogP contribution in [-0.2, 0) is 9.84 Å². The van der Waals surface area contributed by atoms with Crippen LogP contribution in [0.2, 0.25) is 0 Å². The van der Waals surface area contributed by atoms with Crippen LogP contribution < -0.4 is 10.5 Å². The van der Waals surface area contributed by atoms with Gasteiger partial charge in [0.05, 0.1) is 18.4 Å². The van der Waals surface area contributed by atoms with Crippen molar-refractivity contribution >= 4 is 25.8 Å². The van der Waals surface area contributed by atoms with E-state index in [-0.39, 0.29) is 0 Å². The van der Waals surface area contributed by atoms with Crippen molar-refractivity contribution in [3.63, 3.8) is 0 Å². The van der Waals surface area contributed by atoms with Crippen molar-refractivity contribution in [1.82, 2.24) is 0 Å². The van der Waals surface area contributed by atoms with E-state index in [2.05, 4.69) is 15.9 Å². The Morgan fingerprint density at radius 3 is 2.32 bits per heavy atom. The number of aryl methyl sites for hydroxylation is 1. The fourth-order valence-corrected chi connectivity index (χ4v) is 3.27. The first-order valence-electron chi connectivity index (χ1n) is 5.89. The molecule has 0 bridgehead atoms. The highest BCUT2D eigenvalue weighted by atomic mass is 79.9. The van der Waals surface area contributed by atoms with E-state index in [0.29, 0.717) is 5.75 Å².